The summed E-state index contributed by atoms with van der Waals surface area (Å²) in [5.74, 6) is 5.39. The van der Waals surface area contributed by atoms with Gasteiger partial charge in [0.2, 0.25) is 0 Å². The van der Waals surface area contributed by atoms with E-state index in [1.807, 2.05) is 0 Å². The molecule has 0 spiro atoms. The molecule has 1 aliphatic rings. The van der Waals surface area contributed by atoms with Gasteiger partial charge in [0, 0.05) is 19.8 Å². The maximum atomic E-state index is 5.61. The van der Waals surface area contributed by atoms with Gasteiger partial charge in [0.05, 0.1) is 12.7 Å². The number of rotatable bonds is 5. The van der Waals surface area contributed by atoms with Crippen LogP contribution >= 0.6 is 0 Å². The molecule has 0 saturated carbocycles. The molecule has 1 fully saturated rings. The predicted molar refractivity (Wildman–Crippen MR) is 51.2 cm³/mol. The predicted octanol–water partition coefficient (Wildman–Crippen LogP) is 0.424. The number of nitrogens with two attached hydrogens (primary N) is 1. The zero-order chi connectivity index (χ0) is 9.52. The summed E-state index contributed by atoms with van der Waals surface area (Å²) < 4.78 is 10.6. The molecular formula is C9H20N2O2. The smallest absolute Gasteiger partial charge is 0.0630 e. The van der Waals surface area contributed by atoms with Crippen LogP contribution in [0.5, 0.6) is 0 Å². The molecule has 4 nitrogen and oxygen atoms in total. The third kappa shape index (κ3) is 4.04. The van der Waals surface area contributed by atoms with Gasteiger partial charge in [-0.1, -0.05) is 0 Å². The van der Waals surface area contributed by atoms with Crippen molar-refractivity contribution in [3.63, 3.8) is 0 Å². The Labute approximate surface area is 79.7 Å². The first-order valence-electron chi connectivity index (χ1n) is 4.93. The summed E-state index contributed by atoms with van der Waals surface area (Å²) >= 11 is 0. The first kappa shape index (κ1) is 10.9. The first-order chi connectivity index (χ1) is 6.36. The van der Waals surface area contributed by atoms with Gasteiger partial charge in [-0.15, -0.1) is 0 Å². The lowest BCUT2D eigenvalue weighted by molar-refractivity contribution is -0.000743. The minimum Gasteiger partial charge on any atom is -0.383 e. The van der Waals surface area contributed by atoms with Crippen molar-refractivity contribution in [3.8, 4) is 0 Å². The highest BCUT2D eigenvalue weighted by Crippen LogP contribution is 2.16. The molecular weight excluding hydrogens is 168 g/mol. The normalized spacial score (nSPS) is 25.8. The summed E-state index contributed by atoms with van der Waals surface area (Å²) in [5, 5.41) is 0. The van der Waals surface area contributed by atoms with Gasteiger partial charge in [0.1, 0.15) is 0 Å². The number of hydrogen-bond donors (Lipinski definition) is 2. The van der Waals surface area contributed by atoms with Crippen molar-refractivity contribution in [2.45, 2.75) is 37.8 Å². The van der Waals surface area contributed by atoms with Crippen molar-refractivity contribution in [1.82, 2.24) is 5.43 Å². The fourth-order valence-electron chi connectivity index (χ4n) is 1.70. The molecule has 3 N–H and O–H groups in total. The van der Waals surface area contributed by atoms with Gasteiger partial charge in [0.25, 0.3) is 0 Å². The monoisotopic (exact) mass is 188 g/mol. The van der Waals surface area contributed by atoms with Crippen LogP contribution in [0.4, 0.5) is 0 Å². The fourth-order valence-corrected chi connectivity index (χ4v) is 1.70. The van der Waals surface area contributed by atoms with E-state index in [1.54, 1.807) is 7.11 Å². The molecule has 78 valence electrons. The van der Waals surface area contributed by atoms with Crippen molar-refractivity contribution in [1.29, 1.82) is 0 Å². The van der Waals surface area contributed by atoms with Gasteiger partial charge >= 0.3 is 0 Å². The Morgan fingerprint density at radius 1 is 1.62 bits per heavy atom. The van der Waals surface area contributed by atoms with E-state index < -0.39 is 0 Å². The zero-order valence-corrected chi connectivity index (χ0v) is 8.29. The van der Waals surface area contributed by atoms with Crippen LogP contribution in [0.25, 0.3) is 0 Å². The molecule has 0 aromatic carbocycles. The minimum atomic E-state index is 0.216. The molecule has 0 aromatic rings. The molecule has 2 unspecified atom stereocenters. The van der Waals surface area contributed by atoms with Gasteiger partial charge in [-0.3, -0.25) is 11.3 Å². The SMILES string of the molecule is COCC(CC1CCCCO1)NN. The Balaban J connectivity index is 2.18. The Hall–Kier alpha value is -0.160. The summed E-state index contributed by atoms with van der Waals surface area (Å²) in [6.45, 7) is 1.55. The van der Waals surface area contributed by atoms with Gasteiger partial charge in [-0.2, -0.15) is 0 Å². The maximum absolute atomic E-state index is 5.61. The minimum absolute atomic E-state index is 0.216. The second-order valence-electron chi connectivity index (χ2n) is 3.54. The topological polar surface area (TPSA) is 56.5 Å². The standard InChI is InChI=1S/C9H20N2O2/c1-12-7-8(11-10)6-9-4-2-3-5-13-9/h8-9,11H,2-7,10H2,1H3. The number of hydrogen-bond acceptors (Lipinski definition) is 4. The van der Waals surface area contributed by atoms with Crippen LogP contribution in [0.3, 0.4) is 0 Å². The Morgan fingerprint density at radius 2 is 2.46 bits per heavy atom. The van der Waals surface area contributed by atoms with Crippen molar-refractivity contribution < 1.29 is 9.47 Å². The van der Waals surface area contributed by atoms with E-state index in [2.05, 4.69) is 5.43 Å². The summed E-state index contributed by atoms with van der Waals surface area (Å²) in [7, 11) is 1.69. The molecule has 1 rings (SSSR count). The molecule has 1 saturated heterocycles. The van der Waals surface area contributed by atoms with Crippen LogP contribution in [0.15, 0.2) is 0 Å². The molecule has 1 aliphatic heterocycles. The van der Waals surface area contributed by atoms with Gasteiger partial charge in [0.15, 0.2) is 0 Å². The van der Waals surface area contributed by atoms with E-state index in [9.17, 15) is 0 Å². The van der Waals surface area contributed by atoms with E-state index >= 15 is 0 Å². The lowest BCUT2D eigenvalue weighted by Crippen LogP contribution is -2.41. The third-order valence-corrected chi connectivity index (χ3v) is 2.42. The molecule has 0 aromatic heterocycles. The molecule has 0 aliphatic carbocycles. The van der Waals surface area contributed by atoms with E-state index in [0.29, 0.717) is 12.7 Å². The molecule has 13 heavy (non-hydrogen) atoms. The maximum Gasteiger partial charge on any atom is 0.0630 e. The van der Waals surface area contributed by atoms with Crippen molar-refractivity contribution in [3.05, 3.63) is 0 Å². The van der Waals surface area contributed by atoms with Crippen LogP contribution in [0.2, 0.25) is 0 Å². The van der Waals surface area contributed by atoms with Crippen molar-refractivity contribution in [2.24, 2.45) is 5.84 Å². The van der Waals surface area contributed by atoms with Gasteiger partial charge in [-0.25, -0.2) is 0 Å². The molecule has 4 heteroatoms. The second kappa shape index (κ2) is 6.32. The zero-order valence-electron chi connectivity index (χ0n) is 8.29. The van der Waals surface area contributed by atoms with Crippen LogP contribution in [0.1, 0.15) is 25.7 Å². The van der Waals surface area contributed by atoms with Crippen LogP contribution in [-0.2, 0) is 9.47 Å². The van der Waals surface area contributed by atoms with Crippen LogP contribution in [0, 0.1) is 0 Å². The number of ether oxygens (including phenoxy) is 2. The molecule has 0 radical (unpaired) electrons. The van der Waals surface area contributed by atoms with E-state index in [1.165, 1.54) is 12.8 Å². The largest absolute Gasteiger partial charge is 0.383 e. The summed E-state index contributed by atoms with van der Waals surface area (Å²) in [6, 6.07) is 0.216. The lowest BCUT2D eigenvalue weighted by Gasteiger charge is -2.26. The number of nitrogens with one attached hydrogen (secondary N) is 1. The summed E-state index contributed by atoms with van der Waals surface area (Å²) in [4.78, 5) is 0. The summed E-state index contributed by atoms with van der Waals surface area (Å²) in [6.07, 6.45) is 4.94. The van der Waals surface area contributed by atoms with Crippen LogP contribution < -0.4 is 11.3 Å². The Morgan fingerprint density at radius 3 is 3.00 bits per heavy atom. The quantitative estimate of drug-likeness (QED) is 0.485. The highest BCUT2D eigenvalue weighted by Gasteiger charge is 2.18. The lowest BCUT2D eigenvalue weighted by atomic mass is 10.0. The molecule has 2 atom stereocenters. The first-order valence-corrected chi connectivity index (χ1v) is 4.93. The fraction of sp³-hybridized carbons (Fsp3) is 1.00. The number of methoxy groups -OCH3 is 1. The van der Waals surface area contributed by atoms with Crippen LogP contribution in [-0.4, -0.2) is 32.5 Å². The van der Waals surface area contributed by atoms with E-state index in [-0.39, 0.29) is 6.04 Å². The van der Waals surface area contributed by atoms with E-state index in [0.717, 1.165) is 19.4 Å². The van der Waals surface area contributed by atoms with Gasteiger partial charge in [-0.05, 0) is 25.7 Å². The molecule has 1 heterocycles. The summed E-state index contributed by atoms with van der Waals surface area (Å²) in [5.41, 5.74) is 2.75. The van der Waals surface area contributed by atoms with Crippen molar-refractivity contribution in [2.75, 3.05) is 20.3 Å². The Bertz CT molecular complexity index is 124. The highest BCUT2D eigenvalue weighted by atomic mass is 16.5. The highest BCUT2D eigenvalue weighted by molar-refractivity contribution is 4.72. The third-order valence-electron chi connectivity index (χ3n) is 2.42. The Kier molecular flexibility index (Phi) is 5.31. The van der Waals surface area contributed by atoms with E-state index in [4.69, 9.17) is 15.3 Å². The molecule has 0 bridgehead atoms. The average Bonchev–Trinajstić information content (AvgIpc) is 2.19. The van der Waals surface area contributed by atoms with Crippen molar-refractivity contribution >= 4 is 0 Å². The van der Waals surface area contributed by atoms with Gasteiger partial charge < -0.3 is 9.47 Å². The average molecular weight is 188 g/mol. The number of hydrazine groups is 1. The second-order valence-corrected chi connectivity index (χ2v) is 3.54. The molecule has 0 amide bonds.